The molecule has 2 amide bonds. The number of aliphatic hydroxyl groups excluding tert-OH is 1. The lowest BCUT2D eigenvalue weighted by atomic mass is 9.99. The number of hydrogen-bond donors (Lipinski definition) is 2. The molecule has 2 heterocycles. The number of rotatable bonds is 5. The van der Waals surface area contributed by atoms with Gasteiger partial charge in [-0.1, -0.05) is 29.8 Å². The van der Waals surface area contributed by atoms with Crippen molar-refractivity contribution in [3.05, 3.63) is 35.4 Å². The largest absolute Gasteiger partial charge is 0.392 e. The quantitative estimate of drug-likeness (QED) is 0.795. The molecule has 1 aromatic carbocycles. The van der Waals surface area contributed by atoms with Gasteiger partial charge in [0.25, 0.3) is 0 Å². The molecule has 2 saturated heterocycles. The number of benzene rings is 1. The standard InChI is InChI=1S/C21H33N3O2/c1-17-5-2-6-18(15-17)7-3-11-22-21(26)23-13-9-19(10-14-23)24-12-4-8-20(25)16-24/h2,5-6,15,19-20,25H,3-4,7-14,16H2,1H3,(H,22,26). The Morgan fingerprint density at radius 1 is 1.23 bits per heavy atom. The van der Waals surface area contributed by atoms with E-state index in [-0.39, 0.29) is 12.1 Å². The number of hydrogen-bond acceptors (Lipinski definition) is 3. The number of β-amino-alcohol motifs (C(OH)–C–C–N with tert-alkyl or cyclic N) is 1. The number of likely N-dealkylation sites (tertiary alicyclic amines) is 2. The summed E-state index contributed by atoms with van der Waals surface area (Å²) < 4.78 is 0. The minimum absolute atomic E-state index is 0.0753. The molecule has 144 valence electrons. The van der Waals surface area contributed by atoms with Crippen LogP contribution in [-0.2, 0) is 6.42 Å². The van der Waals surface area contributed by atoms with Crippen molar-refractivity contribution in [1.29, 1.82) is 0 Å². The first kappa shape index (κ1) is 19.2. The zero-order valence-electron chi connectivity index (χ0n) is 16.0. The van der Waals surface area contributed by atoms with Gasteiger partial charge in [-0.2, -0.15) is 0 Å². The lowest BCUT2D eigenvalue weighted by molar-refractivity contribution is 0.0292. The van der Waals surface area contributed by atoms with Crippen LogP contribution in [0.2, 0.25) is 0 Å². The summed E-state index contributed by atoms with van der Waals surface area (Å²) in [4.78, 5) is 16.7. The second-order valence-corrected chi connectivity index (χ2v) is 7.83. The zero-order chi connectivity index (χ0) is 18.4. The molecule has 26 heavy (non-hydrogen) atoms. The smallest absolute Gasteiger partial charge is 0.317 e. The maximum Gasteiger partial charge on any atom is 0.317 e. The number of aliphatic hydroxyl groups is 1. The van der Waals surface area contributed by atoms with Gasteiger partial charge in [0.2, 0.25) is 0 Å². The van der Waals surface area contributed by atoms with Crippen molar-refractivity contribution >= 4 is 6.03 Å². The summed E-state index contributed by atoms with van der Waals surface area (Å²) in [7, 11) is 0. The van der Waals surface area contributed by atoms with Gasteiger partial charge in [-0.05, 0) is 57.6 Å². The highest BCUT2D eigenvalue weighted by atomic mass is 16.3. The number of nitrogens with zero attached hydrogens (tertiary/aromatic N) is 2. The van der Waals surface area contributed by atoms with Gasteiger partial charge in [0.15, 0.2) is 0 Å². The molecular formula is C21H33N3O2. The fraction of sp³-hybridized carbons (Fsp3) is 0.667. The summed E-state index contributed by atoms with van der Waals surface area (Å²) in [5.41, 5.74) is 2.62. The van der Waals surface area contributed by atoms with Crippen molar-refractivity contribution in [2.45, 2.75) is 57.6 Å². The molecule has 2 aliphatic rings. The van der Waals surface area contributed by atoms with Crippen LogP contribution in [0.15, 0.2) is 24.3 Å². The maximum absolute atomic E-state index is 12.4. The number of amides is 2. The molecule has 0 aromatic heterocycles. The second kappa shape index (κ2) is 9.38. The normalized spacial score (nSPS) is 22.4. The van der Waals surface area contributed by atoms with E-state index in [0.717, 1.165) is 71.2 Å². The fourth-order valence-corrected chi connectivity index (χ4v) is 4.22. The average Bonchev–Trinajstić information content (AvgIpc) is 2.65. The van der Waals surface area contributed by atoms with Crippen LogP contribution in [-0.4, -0.2) is 65.8 Å². The van der Waals surface area contributed by atoms with Crippen LogP contribution in [0, 0.1) is 6.92 Å². The van der Waals surface area contributed by atoms with Crippen molar-refractivity contribution < 1.29 is 9.90 Å². The van der Waals surface area contributed by atoms with E-state index >= 15 is 0 Å². The Hall–Kier alpha value is -1.59. The molecule has 2 N–H and O–H groups in total. The van der Waals surface area contributed by atoms with Crippen LogP contribution >= 0.6 is 0 Å². The highest BCUT2D eigenvalue weighted by Gasteiger charge is 2.29. The van der Waals surface area contributed by atoms with E-state index in [4.69, 9.17) is 0 Å². The van der Waals surface area contributed by atoms with Crippen molar-refractivity contribution in [3.8, 4) is 0 Å². The van der Waals surface area contributed by atoms with Gasteiger partial charge in [0, 0.05) is 32.2 Å². The third-order valence-corrected chi connectivity index (χ3v) is 5.70. The molecular weight excluding hydrogens is 326 g/mol. The molecule has 5 heteroatoms. The van der Waals surface area contributed by atoms with Crippen molar-refractivity contribution in [3.63, 3.8) is 0 Å². The van der Waals surface area contributed by atoms with Crippen LogP contribution in [0.1, 0.15) is 43.2 Å². The minimum Gasteiger partial charge on any atom is -0.392 e. The van der Waals surface area contributed by atoms with Crippen LogP contribution in [0.3, 0.4) is 0 Å². The van der Waals surface area contributed by atoms with Crippen molar-refractivity contribution in [2.75, 3.05) is 32.7 Å². The summed E-state index contributed by atoms with van der Waals surface area (Å²) in [6.45, 7) is 6.37. The van der Waals surface area contributed by atoms with E-state index in [0.29, 0.717) is 6.04 Å². The highest BCUT2D eigenvalue weighted by molar-refractivity contribution is 5.74. The summed E-state index contributed by atoms with van der Waals surface area (Å²) in [5.74, 6) is 0. The van der Waals surface area contributed by atoms with E-state index in [1.807, 2.05) is 4.90 Å². The minimum atomic E-state index is -0.168. The van der Waals surface area contributed by atoms with Gasteiger partial charge in [0.1, 0.15) is 0 Å². The Morgan fingerprint density at radius 3 is 2.77 bits per heavy atom. The first-order valence-corrected chi connectivity index (χ1v) is 10.1. The predicted octanol–water partition coefficient (Wildman–Crippen LogP) is 2.56. The number of piperidine rings is 2. The number of carbonyl (C=O) groups excluding carboxylic acids is 1. The molecule has 2 fully saturated rings. The molecule has 0 bridgehead atoms. The average molecular weight is 360 g/mol. The third-order valence-electron chi connectivity index (χ3n) is 5.70. The first-order valence-electron chi connectivity index (χ1n) is 10.1. The molecule has 0 saturated carbocycles. The summed E-state index contributed by atoms with van der Waals surface area (Å²) in [6, 6.07) is 9.16. The van der Waals surface area contributed by atoms with Gasteiger partial charge in [0.05, 0.1) is 6.10 Å². The Bertz CT molecular complexity index is 584. The fourth-order valence-electron chi connectivity index (χ4n) is 4.22. The van der Waals surface area contributed by atoms with E-state index < -0.39 is 0 Å². The third kappa shape index (κ3) is 5.45. The predicted molar refractivity (Wildman–Crippen MR) is 104 cm³/mol. The molecule has 2 aliphatic heterocycles. The molecule has 1 aromatic rings. The zero-order valence-corrected chi connectivity index (χ0v) is 16.0. The van der Waals surface area contributed by atoms with Crippen molar-refractivity contribution in [2.24, 2.45) is 0 Å². The number of aryl methyl sites for hydroxylation is 2. The lowest BCUT2D eigenvalue weighted by Gasteiger charge is -2.41. The van der Waals surface area contributed by atoms with Crippen molar-refractivity contribution in [1.82, 2.24) is 15.1 Å². The van der Waals surface area contributed by atoms with Gasteiger partial charge in [-0.3, -0.25) is 4.90 Å². The van der Waals surface area contributed by atoms with Gasteiger partial charge in [-0.25, -0.2) is 4.79 Å². The Morgan fingerprint density at radius 2 is 2.04 bits per heavy atom. The lowest BCUT2D eigenvalue weighted by Crippen LogP contribution is -2.52. The van der Waals surface area contributed by atoms with Crippen LogP contribution < -0.4 is 5.32 Å². The monoisotopic (exact) mass is 359 g/mol. The Balaban J connectivity index is 1.33. The van der Waals surface area contributed by atoms with Crippen LogP contribution in [0.4, 0.5) is 4.79 Å². The second-order valence-electron chi connectivity index (χ2n) is 7.83. The van der Waals surface area contributed by atoms with Gasteiger partial charge < -0.3 is 15.3 Å². The van der Waals surface area contributed by atoms with Gasteiger partial charge in [-0.15, -0.1) is 0 Å². The molecule has 1 atom stereocenters. The molecule has 1 unspecified atom stereocenters. The van der Waals surface area contributed by atoms with E-state index in [1.54, 1.807) is 0 Å². The topological polar surface area (TPSA) is 55.8 Å². The molecule has 0 spiro atoms. The highest BCUT2D eigenvalue weighted by Crippen LogP contribution is 2.21. The Kier molecular flexibility index (Phi) is 6.92. The SMILES string of the molecule is Cc1cccc(CCCNC(=O)N2CCC(N3CCCC(O)C3)CC2)c1. The molecule has 5 nitrogen and oxygen atoms in total. The van der Waals surface area contributed by atoms with E-state index in [9.17, 15) is 9.90 Å². The first-order chi connectivity index (χ1) is 12.6. The number of urea groups is 1. The maximum atomic E-state index is 12.4. The summed E-state index contributed by atoms with van der Waals surface area (Å²) in [5, 5.41) is 12.9. The van der Waals surface area contributed by atoms with Gasteiger partial charge >= 0.3 is 6.03 Å². The summed E-state index contributed by atoms with van der Waals surface area (Å²) >= 11 is 0. The van der Waals surface area contributed by atoms with Crippen LogP contribution in [0.25, 0.3) is 0 Å². The molecule has 0 radical (unpaired) electrons. The van der Waals surface area contributed by atoms with E-state index in [2.05, 4.69) is 41.4 Å². The number of nitrogens with one attached hydrogen (secondary N) is 1. The molecule has 3 rings (SSSR count). The Labute approximate surface area is 157 Å². The van der Waals surface area contributed by atoms with E-state index in [1.165, 1.54) is 11.1 Å². The molecule has 0 aliphatic carbocycles. The number of carbonyl (C=O) groups is 1. The van der Waals surface area contributed by atoms with Crippen LogP contribution in [0.5, 0.6) is 0 Å². The summed E-state index contributed by atoms with van der Waals surface area (Å²) in [6.07, 6.45) is 5.85.